The summed E-state index contributed by atoms with van der Waals surface area (Å²) in [6.45, 7) is 1.84. The lowest BCUT2D eigenvalue weighted by Gasteiger charge is -2.16. The summed E-state index contributed by atoms with van der Waals surface area (Å²) >= 11 is 0. The lowest BCUT2D eigenvalue weighted by Crippen LogP contribution is -2.47. The van der Waals surface area contributed by atoms with E-state index < -0.39 is 23.0 Å². The molecule has 2 aromatic rings. The number of nitrogens with zero attached hydrogens (tertiary/aromatic N) is 2. The van der Waals surface area contributed by atoms with Gasteiger partial charge in [0.25, 0.3) is 11.6 Å². The highest BCUT2D eigenvalue weighted by atomic mass is 16.6. The zero-order valence-corrected chi connectivity index (χ0v) is 15.2. The molecule has 2 aromatic carbocycles. The van der Waals surface area contributed by atoms with E-state index >= 15 is 0 Å². The Morgan fingerprint density at radius 2 is 1.96 bits per heavy atom. The molecule has 0 aliphatic rings. The summed E-state index contributed by atoms with van der Waals surface area (Å²) in [5.74, 6) is -0.543. The van der Waals surface area contributed by atoms with E-state index in [0.29, 0.717) is 5.56 Å². The van der Waals surface area contributed by atoms with Crippen molar-refractivity contribution in [1.29, 1.82) is 0 Å². The number of benzene rings is 2. The van der Waals surface area contributed by atoms with Gasteiger partial charge in [-0.05, 0) is 12.5 Å². The summed E-state index contributed by atoms with van der Waals surface area (Å²) in [4.78, 5) is 34.5. The monoisotopic (exact) mass is 384 g/mol. The number of amides is 2. The first-order chi connectivity index (χ1) is 13.5. The third-order valence-electron chi connectivity index (χ3n) is 3.64. The van der Waals surface area contributed by atoms with E-state index in [4.69, 9.17) is 4.74 Å². The zero-order valence-electron chi connectivity index (χ0n) is 15.2. The molecule has 146 valence electrons. The first kappa shape index (κ1) is 20.6. The standard InChI is InChI=1S/C19H20N4O5/c1-2-28-19(25)21-17(12-14-7-4-3-5-8-14)18(24)22-20-13-15-9-6-10-16(11-15)23(26)27/h3-11,13,17H,2,12H2,1H3,(H,21,25)(H,22,24)/b20-13-/t17-/m1/s1. The lowest BCUT2D eigenvalue weighted by atomic mass is 10.1. The quantitative estimate of drug-likeness (QED) is 0.411. The highest BCUT2D eigenvalue weighted by Crippen LogP contribution is 2.11. The van der Waals surface area contributed by atoms with Crippen molar-refractivity contribution in [3.63, 3.8) is 0 Å². The number of nitro groups is 1. The number of rotatable bonds is 8. The highest BCUT2D eigenvalue weighted by molar-refractivity contribution is 5.87. The average molecular weight is 384 g/mol. The van der Waals surface area contributed by atoms with Crippen LogP contribution in [0.4, 0.5) is 10.5 Å². The molecule has 0 fully saturated rings. The van der Waals surface area contributed by atoms with Crippen LogP contribution in [0.3, 0.4) is 0 Å². The van der Waals surface area contributed by atoms with Gasteiger partial charge < -0.3 is 10.1 Å². The minimum Gasteiger partial charge on any atom is -0.450 e. The molecule has 9 nitrogen and oxygen atoms in total. The van der Waals surface area contributed by atoms with Crippen LogP contribution in [0.1, 0.15) is 18.1 Å². The van der Waals surface area contributed by atoms with Crippen molar-refractivity contribution in [2.24, 2.45) is 5.10 Å². The number of nitro benzene ring substituents is 1. The molecular weight excluding hydrogens is 364 g/mol. The number of carbonyl (C=O) groups excluding carboxylic acids is 2. The molecule has 2 N–H and O–H groups in total. The number of hydrogen-bond donors (Lipinski definition) is 2. The fourth-order valence-electron chi connectivity index (χ4n) is 2.34. The van der Waals surface area contributed by atoms with E-state index in [1.807, 2.05) is 30.3 Å². The first-order valence-corrected chi connectivity index (χ1v) is 8.54. The third kappa shape index (κ3) is 6.52. The molecule has 0 saturated heterocycles. The summed E-state index contributed by atoms with van der Waals surface area (Å²) in [6, 6.07) is 14.1. The van der Waals surface area contributed by atoms with Crippen LogP contribution in [0, 0.1) is 10.1 Å². The Morgan fingerprint density at radius 3 is 2.64 bits per heavy atom. The minimum atomic E-state index is -0.899. The number of nitrogens with one attached hydrogen (secondary N) is 2. The van der Waals surface area contributed by atoms with Crippen molar-refractivity contribution in [2.75, 3.05) is 6.61 Å². The van der Waals surface area contributed by atoms with Gasteiger partial charge in [0.1, 0.15) is 6.04 Å². The smallest absolute Gasteiger partial charge is 0.407 e. The Kier molecular flexibility index (Phi) is 7.64. The number of ether oxygens (including phenoxy) is 1. The lowest BCUT2D eigenvalue weighted by molar-refractivity contribution is -0.384. The van der Waals surface area contributed by atoms with Gasteiger partial charge in [0, 0.05) is 24.1 Å². The van der Waals surface area contributed by atoms with E-state index in [-0.39, 0.29) is 18.7 Å². The number of non-ortho nitro benzene ring substituents is 1. The molecule has 0 aromatic heterocycles. The molecule has 0 saturated carbocycles. The van der Waals surface area contributed by atoms with Crippen LogP contribution in [-0.2, 0) is 16.0 Å². The second-order valence-electron chi connectivity index (χ2n) is 5.69. The Bertz CT molecular complexity index is 854. The predicted molar refractivity (Wildman–Crippen MR) is 103 cm³/mol. The molecule has 0 aliphatic heterocycles. The van der Waals surface area contributed by atoms with Crippen molar-refractivity contribution >= 4 is 23.9 Å². The predicted octanol–water partition coefficient (Wildman–Crippen LogP) is 2.40. The second-order valence-corrected chi connectivity index (χ2v) is 5.69. The Morgan fingerprint density at radius 1 is 1.21 bits per heavy atom. The van der Waals surface area contributed by atoms with E-state index in [1.165, 1.54) is 24.4 Å². The molecule has 0 spiro atoms. The molecule has 0 heterocycles. The van der Waals surface area contributed by atoms with Gasteiger partial charge >= 0.3 is 6.09 Å². The Labute approximate surface area is 161 Å². The van der Waals surface area contributed by atoms with E-state index in [0.717, 1.165) is 5.56 Å². The maximum absolute atomic E-state index is 12.4. The van der Waals surface area contributed by atoms with E-state index in [2.05, 4.69) is 15.8 Å². The maximum Gasteiger partial charge on any atom is 0.407 e. The molecular formula is C19H20N4O5. The van der Waals surface area contributed by atoms with Crippen LogP contribution >= 0.6 is 0 Å². The minimum absolute atomic E-state index is 0.0822. The number of alkyl carbamates (subject to hydrolysis) is 1. The summed E-state index contributed by atoms with van der Waals surface area (Å²) < 4.78 is 4.84. The number of hydrazone groups is 1. The van der Waals surface area contributed by atoms with Gasteiger partial charge in [-0.3, -0.25) is 14.9 Å². The average Bonchev–Trinajstić information content (AvgIpc) is 2.68. The molecule has 0 bridgehead atoms. The SMILES string of the molecule is CCOC(=O)N[C@H](Cc1ccccc1)C(=O)N/N=C\c1cccc([N+](=O)[O-])c1. The second kappa shape index (κ2) is 10.4. The van der Waals surface area contributed by atoms with Crippen molar-refractivity contribution in [3.8, 4) is 0 Å². The molecule has 9 heteroatoms. The van der Waals surface area contributed by atoms with E-state index in [1.54, 1.807) is 13.0 Å². The molecule has 1 atom stereocenters. The van der Waals surface area contributed by atoms with Crippen LogP contribution in [-0.4, -0.2) is 35.8 Å². The summed E-state index contributed by atoms with van der Waals surface area (Å²) in [5.41, 5.74) is 3.56. The Balaban J connectivity index is 2.05. The van der Waals surface area contributed by atoms with Crippen LogP contribution < -0.4 is 10.7 Å². The van der Waals surface area contributed by atoms with Gasteiger partial charge in [0.05, 0.1) is 17.7 Å². The molecule has 2 amide bonds. The van der Waals surface area contributed by atoms with Gasteiger partial charge in [-0.1, -0.05) is 42.5 Å². The maximum atomic E-state index is 12.4. The van der Waals surface area contributed by atoms with Gasteiger partial charge in [0.15, 0.2) is 0 Å². The van der Waals surface area contributed by atoms with Gasteiger partial charge in [-0.15, -0.1) is 0 Å². The zero-order chi connectivity index (χ0) is 20.4. The number of hydrogen-bond acceptors (Lipinski definition) is 6. The summed E-state index contributed by atoms with van der Waals surface area (Å²) in [5, 5.41) is 17.1. The molecule has 0 unspecified atom stereocenters. The van der Waals surface area contributed by atoms with Gasteiger partial charge in [-0.2, -0.15) is 5.10 Å². The molecule has 0 radical (unpaired) electrons. The highest BCUT2D eigenvalue weighted by Gasteiger charge is 2.21. The fourth-order valence-corrected chi connectivity index (χ4v) is 2.34. The van der Waals surface area contributed by atoms with Crippen LogP contribution in [0.15, 0.2) is 59.7 Å². The summed E-state index contributed by atoms with van der Waals surface area (Å²) in [6.07, 6.45) is 0.827. The topological polar surface area (TPSA) is 123 Å². The van der Waals surface area contributed by atoms with Crippen molar-refractivity contribution in [3.05, 3.63) is 75.8 Å². The third-order valence-corrected chi connectivity index (χ3v) is 3.64. The van der Waals surface area contributed by atoms with Crippen LogP contribution in [0.5, 0.6) is 0 Å². The van der Waals surface area contributed by atoms with Gasteiger partial charge in [0.2, 0.25) is 0 Å². The molecule has 2 rings (SSSR count). The largest absolute Gasteiger partial charge is 0.450 e. The van der Waals surface area contributed by atoms with Crippen molar-refractivity contribution in [2.45, 2.75) is 19.4 Å². The van der Waals surface area contributed by atoms with Gasteiger partial charge in [-0.25, -0.2) is 10.2 Å². The first-order valence-electron chi connectivity index (χ1n) is 8.54. The van der Waals surface area contributed by atoms with Crippen molar-refractivity contribution < 1.29 is 19.2 Å². The van der Waals surface area contributed by atoms with Crippen LogP contribution in [0.25, 0.3) is 0 Å². The Hall–Kier alpha value is -3.75. The number of carbonyl (C=O) groups is 2. The van der Waals surface area contributed by atoms with Crippen LogP contribution in [0.2, 0.25) is 0 Å². The summed E-state index contributed by atoms with van der Waals surface area (Å²) in [7, 11) is 0. The molecule has 0 aliphatic carbocycles. The normalized spacial score (nSPS) is 11.6. The van der Waals surface area contributed by atoms with Crippen molar-refractivity contribution in [1.82, 2.24) is 10.7 Å². The van der Waals surface area contributed by atoms with E-state index in [9.17, 15) is 19.7 Å². The fraction of sp³-hybridized carbons (Fsp3) is 0.211. The molecule has 28 heavy (non-hydrogen) atoms.